The molecule has 13 heavy (non-hydrogen) atoms. The predicted molar refractivity (Wildman–Crippen MR) is 56.6 cm³/mol. The smallest absolute Gasteiger partial charge is 0.0598 e. The van der Waals surface area contributed by atoms with Crippen molar-refractivity contribution in [1.29, 1.82) is 0 Å². The number of hydrogen-bond acceptors (Lipinski definition) is 2. The molecule has 1 rings (SSSR count). The zero-order valence-corrected chi connectivity index (χ0v) is 8.79. The number of hydrogen-bond donors (Lipinski definition) is 0. The second-order valence-corrected chi connectivity index (χ2v) is 3.78. The molecule has 1 heterocycles. The molecule has 74 valence electrons. The standard InChI is InChI=1S/C11H20N2/c1-4-8-12(3)11-6-9-13(5-2)10-7-11/h1,11H,5-10H2,2-3H3. The van der Waals surface area contributed by atoms with Crippen LogP contribution in [0.4, 0.5) is 0 Å². The highest BCUT2D eigenvalue weighted by Crippen LogP contribution is 2.14. The van der Waals surface area contributed by atoms with Crippen LogP contribution in [0, 0.1) is 12.3 Å². The SMILES string of the molecule is C#CCN(C)C1CCN(CC)CC1. The van der Waals surface area contributed by atoms with E-state index in [0.29, 0.717) is 6.04 Å². The molecule has 0 bridgehead atoms. The number of piperidine rings is 1. The summed E-state index contributed by atoms with van der Waals surface area (Å²) >= 11 is 0. The molecule has 2 nitrogen and oxygen atoms in total. The number of nitrogens with zero attached hydrogens (tertiary/aromatic N) is 2. The van der Waals surface area contributed by atoms with E-state index in [1.807, 2.05) is 0 Å². The second-order valence-electron chi connectivity index (χ2n) is 3.78. The first kappa shape index (κ1) is 10.6. The summed E-state index contributed by atoms with van der Waals surface area (Å²) in [5.74, 6) is 2.70. The van der Waals surface area contributed by atoms with Gasteiger partial charge in [-0.1, -0.05) is 12.8 Å². The fraction of sp³-hybridized carbons (Fsp3) is 0.818. The van der Waals surface area contributed by atoms with Crippen LogP contribution in [0.5, 0.6) is 0 Å². The minimum atomic E-state index is 0.707. The average molecular weight is 180 g/mol. The number of likely N-dealkylation sites (tertiary alicyclic amines) is 1. The van der Waals surface area contributed by atoms with Crippen LogP contribution < -0.4 is 0 Å². The van der Waals surface area contributed by atoms with Gasteiger partial charge >= 0.3 is 0 Å². The van der Waals surface area contributed by atoms with E-state index in [2.05, 4.69) is 29.7 Å². The maximum absolute atomic E-state index is 5.29. The van der Waals surface area contributed by atoms with Crippen molar-refractivity contribution in [2.24, 2.45) is 0 Å². The van der Waals surface area contributed by atoms with Crippen molar-refractivity contribution in [1.82, 2.24) is 9.80 Å². The molecule has 0 aromatic heterocycles. The molecule has 0 saturated carbocycles. The molecule has 0 N–H and O–H groups in total. The first-order chi connectivity index (χ1) is 6.27. The molecule has 1 fully saturated rings. The van der Waals surface area contributed by atoms with Gasteiger partial charge in [-0.05, 0) is 39.5 Å². The van der Waals surface area contributed by atoms with Gasteiger partial charge in [-0.25, -0.2) is 0 Å². The van der Waals surface area contributed by atoms with Crippen LogP contribution in [0.2, 0.25) is 0 Å². The zero-order valence-electron chi connectivity index (χ0n) is 8.79. The Morgan fingerprint density at radius 3 is 2.54 bits per heavy atom. The molecular formula is C11H20N2. The molecular weight excluding hydrogens is 160 g/mol. The highest BCUT2D eigenvalue weighted by molar-refractivity contribution is 4.90. The van der Waals surface area contributed by atoms with Crippen LogP contribution in [0.15, 0.2) is 0 Å². The maximum atomic E-state index is 5.29. The molecule has 2 heteroatoms. The zero-order chi connectivity index (χ0) is 9.68. The van der Waals surface area contributed by atoms with Crippen molar-refractivity contribution in [2.45, 2.75) is 25.8 Å². The molecule has 0 amide bonds. The molecule has 0 aromatic rings. The van der Waals surface area contributed by atoms with E-state index >= 15 is 0 Å². The van der Waals surface area contributed by atoms with Crippen molar-refractivity contribution in [3.63, 3.8) is 0 Å². The Hall–Kier alpha value is -0.520. The Morgan fingerprint density at radius 2 is 2.08 bits per heavy atom. The largest absolute Gasteiger partial charge is 0.303 e. The fourth-order valence-corrected chi connectivity index (χ4v) is 1.95. The maximum Gasteiger partial charge on any atom is 0.0598 e. The van der Waals surface area contributed by atoms with Crippen molar-refractivity contribution in [3.05, 3.63) is 0 Å². The summed E-state index contributed by atoms with van der Waals surface area (Å²) in [6.07, 6.45) is 7.83. The quantitative estimate of drug-likeness (QED) is 0.599. The van der Waals surface area contributed by atoms with E-state index in [0.717, 1.165) is 6.54 Å². The van der Waals surface area contributed by atoms with Gasteiger partial charge in [-0.15, -0.1) is 6.42 Å². The van der Waals surface area contributed by atoms with Gasteiger partial charge in [0, 0.05) is 6.04 Å². The van der Waals surface area contributed by atoms with Gasteiger partial charge in [0.2, 0.25) is 0 Å². The summed E-state index contributed by atoms with van der Waals surface area (Å²) in [4.78, 5) is 4.80. The van der Waals surface area contributed by atoms with Gasteiger partial charge in [0.25, 0.3) is 0 Å². The van der Waals surface area contributed by atoms with Crippen molar-refractivity contribution < 1.29 is 0 Å². The summed E-state index contributed by atoms with van der Waals surface area (Å²) in [6.45, 7) is 6.67. The predicted octanol–water partition coefficient (Wildman–Crippen LogP) is 1.04. The topological polar surface area (TPSA) is 6.48 Å². The lowest BCUT2D eigenvalue weighted by Gasteiger charge is -2.35. The van der Waals surface area contributed by atoms with Gasteiger partial charge in [0.15, 0.2) is 0 Å². The lowest BCUT2D eigenvalue weighted by atomic mass is 10.0. The van der Waals surface area contributed by atoms with E-state index in [1.54, 1.807) is 0 Å². The highest BCUT2D eigenvalue weighted by atomic mass is 15.2. The average Bonchev–Trinajstić information content (AvgIpc) is 2.18. The van der Waals surface area contributed by atoms with Crippen LogP contribution >= 0.6 is 0 Å². The lowest BCUT2D eigenvalue weighted by molar-refractivity contribution is 0.142. The van der Waals surface area contributed by atoms with Crippen LogP contribution in [0.1, 0.15) is 19.8 Å². The van der Waals surface area contributed by atoms with E-state index < -0.39 is 0 Å². The fourth-order valence-electron chi connectivity index (χ4n) is 1.95. The van der Waals surface area contributed by atoms with Crippen LogP contribution in [-0.2, 0) is 0 Å². The third-order valence-corrected chi connectivity index (χ3v) is 2.97. The molecule has 0 spiro atoms. The lowest BCUT2D eigenvalue weighted by Crippen LogP contribution is -2.43. The molecule has 0 atom stereocenters. The van der Waals surface area contributed by atoms with Gasteiger partial charge in [0.1, 0.15) is 0 Å². The second kappa shape index (κ2) is 5.26. The number of terminal acetylenes is 1. The molecule has 0 aliphatic carbocycles. The molecule has 0 unspecified atom stereocenters. The third-order valence-electron chi connectivity index (χ3n) is 2.97. The van der Waals surface area contributed by atoms with Gasteiger partial charge in [0.05, 0.1) is 6.54 Å². The first-order valence-electron chi connectivity index (χ1n) is 5.14. The van der Waals surface area contributed by atoms with Crippen LogP contribution in [0.3, 0.4) is 0 Å². The van der Waals surface area contributed by atoms with E-state index in [-0.39, 0.29) is 0 Å². The van der Waals surface area contributed by atoms with Crippen molar-refractivity contribution in [3.8, 4) is 12.3 Å². The highest BCUT2D eigenvalue weighted by Gasteiger charge is 2.20. The third kappa shape index (κ3) is 3.02. The Kier molecular flexibility index (Phi) is 4.27. The Morgan fingerprint density at radius 1 is 1.46 bits per heavy atom. The van der Waals surface area contributed by atoms with E-state index in [9.17, 15) is 0 Å². The molecule has 0 aromatic carbocycles. The monoisotopic (exact) mass is 180 g/mol. The summed E-state index contributed by atoms with van der Waals surface area (Å²) < 4.78 is 0. The summed E-state index contributed by atoms with van der Waals surface area (Å²) in [5.41, 5.74) is 0. The molecule has 1 aliphatic heterocycles. The van der Waals surface area contributed by atoms with Crippen LogP contribution in [-0.4, -0.2) is 49.1 Å². The van der Waals surface area contributed by atoms with E-state index in [4.69, 9.17) is 6.42 Å². The Balaban J connectivity index is 2.28. The summed E-state index contributed by atoms with van der Waals surface area (Å²) in [6, 6.07) is 0.707. The summed E-state index contributed by atoms with van der Waals surface area (Å²) in [7, 11) is 2.13. The van der Waals surface area contributed by atoms with Gasteiger partial charge in [-0.2, -0.15) is 0 Å². The van der Waals surface area contributed by atoms with Crippen molar-refractivity contribution >= 4 is 0 Å². The summed E-state index contributed by atoms with van der Waals surface area (Å²) in [5, 5.41) is 0. The minimum Gasteiger partial charge on any atom is -0.303 e. The molecule has 1 saturated heterocycles. The van der Waals surface area contributed by atoms with Crippen molar-refractivity contribution in [2.75, 3.05) is 33.2 Å². The number of rotatable bonds is 3. The van der Waals surface area contributed by atoms with Gasteiger partial charge in [-0.3, -0.25) is 4.90 Å². The minimum absolute atomic E-state index is 0.707. The first-order valence-corrected chi connectivity index (χ1v) is 5.14. The normalized spacial score (nSPS) is 20.5. The van der Waals surface area contributed by atoms with E-state index in [1.165, 1.54) is 32.5 Å². The Bertz CT molecular complexity index is 175. The molecule has 1 aliphatic rings. The van der Waals surface area contributed by atoms with Gasteiger partial charge < -0.3 is 4.90 Å². The molecule has 0 radical (unpaired) electrons. The van der Waals surface area contributed by atoms with Crippen LogP contribution in [0.25, 0.3) is 0 Å². The Labute approximate surface area is 81.9 Å².